The van der Waals surface area contributed by atoms with Crippen LogP contribution in [0.4, 0.5) is 0 Å². The van der Waals surface area contributed by atoms with Gasteiger partial charge in [-0.15, -0.1) is 0 Å². The molecule has 7 heteroatoms. The third-order valence-electron chi connectivity index (χ3n) is 2.55. The summed E-state index contributed by atoms with van der Waals surface area (Å²) in [5, 5.41) is 11.2. The first-order valence-electron chi connectivity index (χ1n) is 5.88. The molecule has 3 aromatic heterocycles. The Morgan fingerprint density at radius 3 is 2.90 bits per heavy atom. The number of nitrogens with zero attached hydrogens (tertiary/aromatic N) is 5. The Morgan fingerprint density at radius 1 is 1.20 bits per heavy atom. The molecule has 6 nitrogen and oxygen atoms in total. The van der Waals surface area contributed by atoms with Gasteiger partial charge in [0.05, 0.1) is 6.21 Å². The van der Waals surface area contributed by atoms with Gasteiger partial charge >= 0.3 is 0 Å². The number of pyridine rings is 2. The van der Waals surface area contributed by atoms with E-state index in [0.717, 1.165) is 5.56 Å². The molecule has 0 saturated heterocycles. The molecule has 3 aromatic rings. The van der Waals surface area contributed by atoms with Crippen molar-refractivity contribution in [2.45, 2.75) is 0 Å². The van der Waals surface area contributed by atoms with Crippen LogP contribution in [0.3, 0.4) is 0 Å². The van der Waals surface area contributed by atoms with Crippen molar-refractivity contribution >= 4 is 18.4 Å². The van der Waals surface area contributed by atoms with E-state index >= 15 is 0 Å². The highest BCUT2D eigenvalue weighted by molar-refractivity contribution is 7.71. The predicted molar refractivity (Wildman–Crippen MR) is 77.9 cm³/mol. The van der Waals surface area contributed by atoms with Crippen molar-refractivity contribution in [3.63, 3.8) is 0 Å². The quantitative estimate of drug-likeness (QED) is 0.591. The van der Waals surface area contributed by atoms with E-state index in [0.29, 0.717) is 16.3 Å². The highest BCUT2D eigenvalue weighted by Gasteiger charge is 2.08. The van der Waals surface area contributed by atoms with Crippen LogP contribution < -0.4 is 0 Å². The van der Waals surface area contributed by atoms with E-state index in [-0.39, 0.29) is 0 Å². The summed E-state index contributed by atoms with van der Waals surface area (Å²) in [6.07, 6.45) is 6.79. The Bertz CT molecular complexity index is 775. The molecule has 20 heavy (non-hydrogen) atoms. The van der Waals surface area contributed by atoms with Crippen LogP contribution in [-0.4, -0.2) is 31.1 Å². The van der Waals surface area contributed by atoms with E-state index in [2.05, 4.69) is 25.3 Å². The zero-order valence-electron chi connectivity index (χ0n) is 10.3. The van der Waals surface area contributed by atoms with E-state index in [9.17, 15) is 0 Å². The zero-order chi connectivity index (χ0) is 13.8. The van der Waals surface area contributed by atoms with Gasteiger partial charge in [0.25, 0.3) is 0 Å². The van der Waals surface area contributed by atoms with Crippen molar-refractivity contribution in [3.05, 3.63) is 59.3 Å². The van der Waals surface area contributed by atoms with Crippen LogP contribution in [0.25, 0.3) is 11.5 Å². The molecule has 3 rings (SSSR count). The fourth-order valence-corrected chi connectivity index (χ4v) is 1.82. The summed E-state index contributed by atoms with van der Waals surface area (Å²) in [5.41, 5.74) is 1.57. The lowest BCUT2D eigenvalue weighted by molar-refractivity contribution is 0.867. The van der Waals surface area contributed by atoms with E-state index in [1.54, 1.807) is 24.8 Å². The van der Waals surface area contributed by atoms with E-state index in [4.69, 9.17) is 12.2 Å². The molecule has 0 aromatic carbocycles. The minimum Gasteiger partial charge on any atom is -0.264 e. The number of aromatic amines is 1. The summed E-state index contributed by atoms with van der Waals surface area (Å²) in [6.45, 7) is 0. The minimum absolute atomic E-state index is 0.408. The lowest BCUT2D eigenvalue weighted by atomic mass is 10.3. The SMILES string of the molecule is S=c1[nH]nc(-c2ccccn2)n1/N=C/c1cccnc1. The molecule has 0 aliphatic rings. The molecule has 0 unspecified atom stereocenters. The average molecular weight is 282 g/mol. The Labute approximate surface area is 119 Å². The Morgan fingerprint density at radius 2 is 2.15 bits per heavy atom. The van der Waals surface area contributed by atoms with Crippen molar-refractivity contribution in [1.82, 2.24) is 24.8 Å². The summed E-state index contributed by atoms with van der Waals surface area (Å²) < 4.78 is 1.94. The number of rotatable bonds is 3. The predicted octanol–water partition coefficient (Wildman–Crippen LogP) is 2.28. The van der Waals surface area contributed by atoms with Crippen LogP contribution in [0.2, 0.25) is 0 Å². The highest BCUT2D eigenvalue weighted by atomic mass is 32.1. The van der Waals surface area contributed by atoms with Gasteiger partial charge in [0.1, 0.15) is 5.69 Å². The van der Waals surface area contributed by atoms with Gasteiger partial charge in [-0.3, -0.25) is 9.97 Å². The first-order valence-corrected chi connectivity index (χ1v) is 6.28. The van der Waals surface area contributed by atoms with Crippen molar-refractivity contribution in [3.8, 4) is 11.5 Å². The topological polar surface area (TPSA) is 71.8 Å². The third-order valence-corrected chi connectivity index (χ3v) is 2.82. The number of H-pyrrole nitrogens is 1. The smallest absolute Gasteiger partial charge is 0.216 e. The summed E-state index contributed by atoms with van der Waals surface area (Å²) in [7, 11) is 0. The van der Waals surface area contributed by atoms with Crippen LogP contribution in [-0.2, 0) is 0 Å². The molecule has 1 N–H and O–H groups in total. The summed E-state index contributed by atoms with van der Waals surface area (Å²) in [4.78, 5) is 8.27. The van der Waals surface area contributed by atoms with Gasteiger partial charge in [-0.05, 0) is 30.4 Å². The van der Waals surface area contributed by atoms with Gasteiger partial charge in [-0.25, -0.2) is 5.10 Å². The molecule has 0 fully saturated rings. The fraction of sp³-hybridized carbons (Fsp3) is 0. The van der Waals surface area contributed by atoms with Gasteiger partial charge in [0.2, 0.25) is 10.6 Å². The number of hydrogen-bond donors (Lipinski definition) is 1. The second-order valence-electron chi connectivity index (χ2n) is 3.91. The lowest BCUT2D eigenvalue weighted by Crippen LogP contribution is -1.96. The Hall–Kier alpha value is -2.67. The van der Waals surface area contributed by atoms with Crippen molar-refractivity contribution < 1.29 is 0 Å². The van der Waals surface area contributed by atoms with E-state index in [1.165, 1.54) is 4.68 Å². The number of nitrogens with one attached hydrogen (secondary N) is 1. The maximum atomic E-state index is 5.18. The maximum Gasteiger partial charge on any atom is 0.216 e. The number of aromatic nitrogens is 5. The average Bonchev–Trinajstić information content (AvgIpc) is 2.88. The maximum absolute atomic E-state index is 5.18. The second-order valence-corrected chi connectivity index (χ2v) is 4.30. The highest BCUT2D eigenvalue weighted by Crippen LogP contribution is 2.13. The van der Waals surface area contributed by atoms with Crippen LogP contribution >= 0.6 is 12.2 Å². The van der Waals surface area contributed by atoms with Crippen LogP contribution in [0.15, 0.2) is 54.0 Å². The first-order chi connectivity index (χ1) is 9.84. The molecule has 0 aliphatic heterocycles. The lowest BCUT2D eigenvalue weighted by Gasteiger charge is -1.99. The molecule has 0 atom stereocenters. The van der Waals surface area contributed by atoms with Crippen molar-refractivity contribution in [2.24, 2.45) is 5.10 Å². The largest absolute Gasteiger partial charge is 0.264 e. The van der Waals surface area contributed by atoms with Gasteiger partial charge < -0.3 is 0 Å². The zero-order valence-corrected chi connectivity index (χ0v) is 11.2. The molecule has 0 amide bonds. The minimum atomic E-state index is 0.408. The van der Waals surface area contributed by atoms with Crippen molar-refractivity contribution in [2.75, 3.05) is 0 Å². The first kappa shape index (κ1) is 12.4. The van der Waals surface area contributed by atoms with Crippen LogP contribution in [0.5, 0.6) is 0 Å². The fourth-order valence-electron chi connectivity index (χ4n) is 1.64. The molecular weight excluding hydrogens is 272 g/mol. The Kier molecular flexibility index (Phi) is 3.42. The standard InChI is InChI=1S/C13H10N6S/c20-13-18-17-12(11-5-1-2-7-15-11)19(13)16-9-10-4-3-6-14-8-10/h1-9H,(H,18,20)/b16-9+. The Balaban J connectivity index is 2.01. The van der Waals surface area contributed by atoms with Gasteiger partial charge in [-0.2, -0.15) is 14.9 Å². The molecular formula is C13H10N6S. The van der Waals surface area contributed by atoms with Crippen LogP contribution in [0.1, 0.15) is 5.56 Å². The molecule has 98 valence electrons. The molecule has 0 bridgehead atoms. The van der Waals surface area contributed by atoms with Gasteiger partial charge in [0.15, 0.2) is 0 Å². The second kappa shape index (κ2) is 5.54. The van der Waals surface area contributed by atoms with Gasteiger partial charge in [0, 0.05) is 24.2 Å². The van der Waals surface area contributed by atoms with Crippen molar-refractivity contribution in [1.29, 1.82) is 0 Å². The van der Waals surface area contributed by atoms with E-state index in [1.807, 2.05) is 30.3 Å². The normalized spacial score (nSPS) is 11.0. The van der Waals surface area contributed by atoms with Crippen LogP contribution in [0, 0.1) is 4.77 Å². The summed E-state index contributed by atoms with van der Waals surface area (Å²) in [6, 6.07) is 9.32. The molecule has 0 radical (unpaired) electrons. The number of hydrogen-bond acceptors (Lipinski definition) is 5. The van der Waals surface area contributed by atoms with Gasteiger partial charge in [-0.1, -0.05) is 12.1 Å². The third kappa shape index (κ3) is 2.52. The molecule has 3 heterocycles. The van der Waals surface area contributed by atoms with E-state index < -0.39 is 0 Å². The monoisotopic (exact) mass is 282 g/mol. The molecule has 0 saturated carbocycles. The molecule has 0 spiro atoms. The molecule has 0 aliphatic carbocycles. The summed E-state index contributed by atoms with van der Waals surface area (Å²) in [5.74, 6) is 0.566. The summed E-state index contributed by atoms with van der Waals surface area (Å²) >= 11 is 5.18.